The fourth-order valence-corrected chi connectivity index (χ4v) is 3.18. The zero-order chi connectivity index (χ0) is 12.4. The second-order valence-electron chi connectivity index (χ2n) is 5.39. The molecule has 1 aliphatic heterocycles. The topological polar surface area (TPSA) is 12.5 Å². The molecule has 3 heteroatoms. The zero-order valence-corrected chi connectivity index (χ0v) is 12.8. The average Bonchev–Trinajstić information content (AvgIpc) is 2.32. The van der Waals surface area contributed by atoms with E-state index in [4.69, 9.17) is 4.74 Å². The van der Waals surface area contributed by atoms with E-state index in [2.05, 4.69) is 51.8 Å². The third kappa shape index (κ3) is 2.99. The lowest BCUT2D eigenvalue weighted by atomic mass is 9.90. The Kier molecular flexibility index (Phi) is 4.09. The monoisotopic (exact) mass is 357 g/mol. The minimum Gasteiger partial charge on any atom is -0.490 e. The van der Waals surface area contributed by atoms with E-state index in [0.717, 1.165) is 11.8 Å². The van der Waals surface area contributed by atoms with Crippen LogP contribution >= 0.6 is 22.6 Å². The van der Waals surface area contributed by atoms with Gasteiger partial charge in [0.2, 0.25) is 0 Å². The van der Waals surface area contributed by atoms with Gasteiger partial charge in [-0.05, 0) is 72.5 Å². The summed E-state index contributed by atoms with van der Waals surface area (Å²) in [5.74, 6) is 1.03. The van der Waals surface area contributed by atoms with Crippen LogP contribution in [0.1, 0.15) is 32.1 Å². The maximum Gasteiger partial charge on any atom is 0.119 e. The molecule has 0 radical (unpaired) electrons. The van der Waals surface area contributed by atoms with Crippen molar-refractivity contribution < 1.29 is 4.74 Å². The highest BCUT2D eigenvalue weighted by Crippen LogP contribution is 2.28. The molecule has 0 aromatic heterocycles. The Labute approximate surface area is 123 Å². The number of nitrogens with zero attached hydrogens (tertiary/aromatic N) is 1. The van der Waals surface area contributed by atoms with Gasteiger partial charge in [0, 0.05) is 22.7 Å². The second-order valence-corrected chi connectivity index (χ2v) is 6.64. The molecule has 3 rings (SSSR count). The van der Waals surface area contributed by atoms with Gasteiger partial charge in [0.25, 0.3) is 0 Å². The first-order valence-corrected chi connectivity index (χ1v) is 8.05. The van der Waals surface area contributed by atoms with Crippen LogP contribution in [0.15, 0.2) is 24.3 Å². The third-order valence-electron chi connectivity index (χ3n) is 4.18. The Morgan fingerprint density at radius 2 is 1.67 bits per heavy atom. The number of halogens is 1. The van der Waals surface area contributed by atoms with Crippen LogP contribution in [0.2, 0.25) is 0 Å². The molecule has 0 unspecified atom stereocenters. The van der Waals surface area contributed by atoms with Crippen molar-refractivity contribution in [3.05, 3.63) is 27.8 Å². The molecule has 0 N–H and O–H groups in total. The van der Waals surface area contributed by atoms with E-state index in [9.17, 15) is 0 Å². The van der Waals surface area contributed by atoms with E-state index in [-0.39, 0.29) is 0 Å². The number of rotatable bonds is 3. The predicted octanol–water partition coefficient (Wildman–Crippen LogP) is 3.69. The Bertz CT molecular complexity index is 380. The molecule has 2 fully saturated rings. The number of hydrogen-bond donors (Lipinski definition) is 0. The third-order valence-corrected chi connectivity index (χ3v) is 4.90. The number of ether oxygens (including phenoxy) is 1. The van der Waals surface area contributed by atoms with Gasteiger partial charge in [0.1, 0.15) is 11.9 Å². The summed E-state index contributed by atoms with van der Waals surface area (Å²) in [6, 6.07) is 9.28. The summed E-state index contributed by atoms with van der Waals surface area (Å²) >= 11 is 2.33. The molecule has 1 aliphatic carbocycles. The maximum atomic E-state index is 6.06. The summed E-state index contributed by atoms with van der Waals surface area (Å²) in [5, 5.41) is 0. The molecular formula is C15H20INO. The molecule has 1 saturated carbocycles. The van der Waals surface area contributed by atoms with Crippen LogP contribution in [-0.4, -0.2) is 30.1 Å². The molecular weight excluding hydrogens is 337 g/mol. The standard InChI is InChI=1S/C15H20INO/c16-12-4-6-14(7-5-12)18-15-8-10-17(11-9-15)13-2-1-3-13/h4-7,13,15H,1-3,8-11H2. The highest BCUT2D eigenvalue weighted by molar-refractivity contribution is 14.1. The predicted molar refractivity (Wildman–Crippen MR) is 82.0 cm³/mol. The van der Waals surface area contributed by atoms with Crippen molar-refractivity contribution >= 4 is 22.6 Å². The van der Waals surface area contributed by atoms with E-state index in [1.54, 1.807) is 0 Å². The Morgan fingerprint density at radius 1 is 1.00 bits per heavy atom. The molecule has 0 bridgehead atoms. The molecule has 1 saturated heterocycles. The summed E-state index contributed by atoms with van der Waals surface area (Å²) in [5.41, 5.74) is 0. The van der Waals surface area contributed by atoms with E-state index in [1.165, 1.54) is 48.8 Å². The largest absolute Gasteiger partial charge is 0.490 e. The van der Waals surface area contributed by atoms with Gasteiger partial charge < -0.3 is 9.64 Å². The molecule has 1 aromatic rings. The van der Waals surface area contributed by atoms with Gasteiger partial charge in [-0.1, -0.05) is 6.42 Å². The quantitative estimate of drug-likeness (QED) is 0.766. The van der Waals surface area contributed by atoms with Crippen molar-refractivity contribution in [2.75, 3.05) is 13.1 Å². The number of piperidine rings is 1. The van der Waals surface area contributed by atoms with E-state index < -0.39 is 0 Å². The SMILES string of the molecule is Ic1ccc(OC2CCN(C3CCC3)CC2)cc1. The van der Waals surface area contributed by atoms with E-state index in [1.807, 2.05) is 0 Å². The van der Waals surface area contributed by atoms with E-state index >= 15 is 0 Å². The molecule has 98 valence electrons. The Morgan fingerprint density at radius 3 is 2.22 bits per heavy atom. The van der Waals surface area contributed by atoms with Crippen LogP contribution in [0.4, 0.5) is 0 Å². The number of hydrogen-bond acceptors (Lipinski definition) is 2. The summed E-state index contributed by atoms with van der Waals surface area (Å²) in [7, 11) is 0. The van der Waals surface area contributed by atoms with Gasteiger partial charge in [-0.2, -0.15) is 0 Å². The zero-order valence-electron chi connectivity index (χ0n) is 10.6. The minimum absolute atomic E-state index is 0.418. The van der Waals surface area contributed by atoms with Crippen molar-refractivity contribution in [2.45, 2.75) is 44.2 Å². The highest BCUT2D eigenvalue weighted by atomic mass is 127. The molecule has 2 nitrogen and oxygen atoms in total. The lowest BCUT2D eigenvalue weighted by Gasteiger charge is -2.41. The summed E-state index contributed by atoms with van der Waals surface area (Å²) in [6.45, 7) is 2.44. The Hall–Kier alpha value is -0.290. The van der Waals surface area contributed by atoms with Crippen LogP contribution in [-0.2, 0) is 0 Å². The van der Waals surface area contributed by atoms with Crippen molar-refractivity contribution in [1.82, 2.24) is 4.90 Å². The first-order valence-electron chi connectivity index (χ1n) is 6.97. The normalized spacial score (nSPS) is 22.7. The van der Waals surface area contributed by atoms with Crippen LogP contribution in [0.3, 0.4) is 0 Å². The van der Waals surface area contributed by atoms with Crippen LogP contribution in [0.5, 0.6) is 5.75 Å². The molecule has 0 atom stereocenters. The second kappa shape index (κ2) is 5.78. The molecule has 0 spiro atoms. The van der Waals surface area contributed by atoms with Gasteiger partial charge in [-0.25, -0.2) is 0 Å². The van der Waals surface area contributed by atoms with Gasteiger partial charge in [-0.15, -0.1) is 0 Å². The fraction of sp³-hybridized carbons (Fsp3) is 0.600. The van der Waals surface area contributed by atoms with Crippen molar-refractivity contribution in [1.29, 1.82) is 0 Å². The molecule has 1 aromatic carbocycles. The van der Waals surface area contributed by atoms with Crippen molar-refractivity contribution in [2.24, 2.45) is 0 Å². The van der Waals surface area contributed by atoms with Gasteiger partial charge in [0.15, 0.2) is 0 Å². The number of likely N-dealkylation sites (tertiary alicyclic amines) is 1. The van der Waals surface area contributed by atoms with Crippen molar-refractivity contribution in [3.8, 4) is 5.75 Å². The van der Waals surface area contributed by atoms with Crippen LogP contribution in [0.25, 0.3) is 0 Å². The van der Waals surface area contributed by atoms with E-state index in [0.29, 0.717) is 6.10 Å². The van der Waals surface area contributed by atoms with Crippen molar-refractivity contribution in [3.63, 3.8) is 0 Å². The smallest absolute Gasteiger partial charge is 0.119 e. The molecule has 0 amide bonds. The first kappa shape index (κ1) is 12.7. The van der Waals surface area contributed by atoms with Gasteiger partial charge >= 0.3 is 0 Å². The van der Waals surface area contributed by atoms with Gasteiger partial charge in [-0.3, -0.25) is 0 Å². The molecule has 2 aliphatic rings. The average molecular weight is 357 g/mol. The fourth-order valence-electron chi connectivity index (χ4n) is 2.82. The van der Waals surface area contributed by atoms with Crippen LogP contribution in [0, 0.1) is 3.57 Å². The van der Waals surface area contributed by atoms with Gasteiger partial charge in [0.05, 0.1) is 0 Å². The number of benzene rings is 1. The molecule has 1 heterocycles. The molecule has 18 heavy (non-hydrogen) atoms. The Balaban J connectivity index is 1.48. The highest BCUT2D eigenvalue weighted by Gasteiger charge is 2.29. The summed E-state index contributed by atoms with van der Waals surface area (Å²) in [4.78, 5) is 2.66. The minimum atomic E-state index is 0.418. The maximum absolute atomic E-state index is 6.06. The lowest BCUT2D eigenvalue weighted by Crippen LogP contribution is -2.46. The lowest BCUT2D eigenvalue weighted by molar-refractivity contribution is 0.0493. The summed E-state index contributed by atoms with van der Waals surface area (Å²) < 4.78 is 7.32. The first-order chi connectivity index (χ1) is 8.81. The summed E-state index contributed by atoms with van der Waals surface area (Å²) in [6.07, 6.45) is 7.06. The van der Waals surface area contributed by atoms with Crippen LogP contribution < -0.4 is 4.74 Å².